The molecule has 4 atom stereocenters. The molecule has 3 heterocycles. The summed E-state index contributed by atoms with van der Waals surface area (Å²) in [6.07, 6.45) is 0.706. The molecule has 2 N–H and O–H groups in total. The van der Waals surface area contributed by atoms with E-state index in [4.69, 9.17) is 4.74 Å². The number of benzene rings is 2. The molecular formula is C25H25FN4O5. The van der Waals surface area contributed by atoms with E-state index < -0.39 is 35.9 Å². The smallest absolute Gasteiger partial charge is 0.254 e. The van der Waals surface area contributed by atoms with Crippen LogP contribution in [0.25, 0.3) is 0 Å². The number of methoxy groups -OCH3 is 1. The third-order valence-electron chi connectivity index (χ3n) is 6.89. The fraction of sp³-hybridized carbons (Fsp3) is 0.360. The molecule has 0 aliphatic carbocycles. The van der Waals surface area contributed by atoms with Gasteiger partial charge in [0.05, 0.1) is 13.2 Å². The molecular weight excluding hydrogens is 455 g/mol. The summed E-state index contributed by atoms with van der Waals surface area (Å²) in [7, 11) is 1.54. The lowest BCUT2D eigenvalue weighted by Gasteiger charge is -2.29. The first-order valence-electron chi connectivity index (χ1n) is 11.5. The average Bonchev–Trinajstić information content (AvgIpc) is 3.45. The van der Waals surface area contributed by atoms with Crippen molar-refractivity contribution in [3.05, 3.63) is 65.5 Å². The van der Waals surface area contributed by atoms with Crippen molar-refractivity contribution in [2.45, 2.75) is 37.0 Å². The van der Waals surface area contributed by atoms with Gasteiger partial charge in [-0.15, -0.1) is 0 Å². The molecule has 10 heteroatoms. The zero-order chi connectivity index (χ0) is 24.7. The normalized spacial score (nSPS) is 25.4. The van der Waals surface area contributed by atoms with Crippen molar-refractivity contribution in [3.63, 3.8) is 0 Å². The van der Waals surface area contributed by atoms with Crippen LogP contribution in [0.1, 0.15) is 33.6 Å². The molecule has 3 aliphatic rings. The molecule has 9 nitrogen and oxygen atoms in total. The van der Waals surface area contributed by atoms with Crippen LogP contribution in [0, 0.1) is 5.82 Å². The Bertz CT molecular complexity index is 1190. The number of amides is 4. The molecule has 35 heavy (non-hydrogen) atoms. The molecule has 0 spiro atoms. The van der Waals surface area contributed by atoms with Gasteiger partial charge < -0.3 is 25.2 Å². The lowest BCUT2D eigenvalue weighted by atomic mass is 10.1. The van der Waals surface area contributed by atoms with E-state index in [9.17, 15) is 23.6 Å². The van der Waals surface area contributed by atoms with Crippen LogP contribution < -0.4 is 15.4 Å². The van der Waals surface area contributed by atoms with Crippen molar-refractivity contribution in [2.75, 3.05) is 20.2 Å². The summed E-state index contributed by atoms with van der Waals surface area (Å²) in [4.78, 5) is 55.2. The fourth-order valence-electron chi connectivity index (χ4n) is 5.16. The second kappa shape index (κ2) is 9.01. The molecule has 3 saturated heterocycles. The van der Waals surface area contributed by atoms with E-state index in [0.717, 1.165) is 6.07 Å². The minimum Gasteiger partial charge on any atom is -0.497 e. The summed E-state index contributed by atoms with van der Waals surface area (Å²) >= 11 is 0. The zero-order valence-electron chi connectivity index (χ0n) is 19.1. The first-order chi connectivity index (χ1) is 16.9. The molecule has 2 aromatic rings. The predicted octanol–water partition coefficient (Wildman–Crippen LogP) is 0.947. The van der Waals surface area contributed by atoms with Crippen LogP contribution in [-0.2, 0) is 9.59 Å². The SMILES string of the molecule is COc1ccc(C(=O)N[C@H]2C[C@@H]3C(=O)N[C@H]4CCN(C(=O)c5cccc(F)c5)[C@@H]4C(=O)N3C2)cc1. The summed E-state index contributed by atoms with van der Waals surface area (Å²) in [6, 6.07) is 9.42. The van der Waals surface area contributed by atoms with Crippen LogP contribution in [0.5, 0.6) is 5.75 Å². The minimum atomic E-state index is -0.879. The van der Waals surface area contributed by atoms with Crippen molar-refractivity contribution < 1.29 is 28.3 Å². The number of carbonyl (C=O) groups excluding carboxylic acids is 4. The molecule has 2 aromatic carbocycles. The van der Waals surface area contributed by atoms with Gasteiger partial charge in [-0.1, -0.05) is 6.07 Å². The standard InChI is InChI=1S/C25H25FN4O5/c1-35-18-7-5-14(6-8-18)22(31)27-17-12-20-23(32)28-19-9-10-29(21(19)25(34)30(20)13-17)24(33)15-3-2-4-16(26)11-15/h2-8,11,17,19-21H,9-10,12-13H2,1H3,(H,27,31)(H,28,32)/t17-,19-,20+,21-/m0/s1. The summed E-state index contributed by atoms with van der Waals surface area (Å²) in [5.41, 5.74) is 0.586. The Morgan fingerprint density at radius 2 is 1.89 bits per heavy atom. The maximum atomic E-state index is 13.7. The largest absolute Gasteiger partial charge is 0.497 e. The van der Waals surface area contributed by atoms with Crippen molar-refractivity contribution in [1.82, 2.24) is 20.4 Å². The second-order valence-electron chi connectivity index (χ2n) is 9.00. The highest BCUT2D eigenvalue weighted by Gasteiger charge is 2.52. The molecule has 0 saturated carbocycles. The van der Waals surface area contributed by atoms with Gasteiger partial charge in [-0.3, -0.25) is 19.2 Å². The van der Waals surface area contributed by atoms with Crippen molar-refractivity contribution in [1.29, 1.82) is 0 Å². The number of fused-ring (bicyclic) bond motifs is 2. The summed E-state index contributed by atoms with van der Waals surface area (Å²) in [5, 5.41) is 5.81. The first-order valence-corrected chi connectivity index (χ1v) is 11.5. The molecule has 5 rings (SSSR count). The third kappa shape index (κ3) is 4.20. The number of carbonyl (C=O) groups is 4. The van der Waals surface area contributed by atoms with E-state index in [1.807, 2.05) is 0 Å². The number of rotatable bonds is 4. The number of hydrogen-bond acceptors (Lipinski definition) is 5. The van der Waals surface area contributed by atoms with E-state index in [1.165, 1.54) is 35.1 Å². The van der Waals surface area contributed by atoms with Crippen LogP contribution in [0.4, 0.5) is 4.39 Å². The van der Waals surface area contributed by atoms with Crippen molar-refractivity contribution >= 4 is 23.6 Å². The Hall–Kier alpha value is -3.95. The molecule has 0 radical (unpaired) electrons. The Morgan fingerprint density at radius 1 is 1.11 bits per heavy atom. The topological polar surface area (TPSA) is 108 Å². The van der Waals surface area contributed by atoms with Gasteiger partial charge in [0.1, 0.15) is 23.7 Å². The van der Waals surface area contributed by atoms with E-state index in [0.29, 0.717) is 17.7 Å². The molecule has 182 valence electrons. The Balaban J connectivity index is 1.32. The zero-order valence-corrected chi connectivity index (χ0v) is 19.1. The van der Waals surface area contributed by atoms with Gasteiger partial charge in [0.2, 0.25) is 11.8 Å². The highest BCUT2D eigenvalue weighted by molar-refractivity contribution is 6.01. The first kappa shape index (κ1) is 22.8. The van der Waals surface area contributed by atoms with Crippen LogP contribution >= 0.6 is 0 Å². The summed E-state index contributed by atoms with van der Waals surface area (Å²) < 4.78 is 18.8. The second-order valence-corrected chi connectivity index (χ2v) is 9.00. The van der Waals surface area contributed by atoms with E-state index in [1.54, 1.807) is 24.3 Å². The number of nitrogens with one attached hydrogen (secondary N) is 2. The molecule has 3 aliphatic heterocycles. The Kier molecular flexibility index (Phi) is 5.88. The number of ether oxygens (including phenoxy) is 1. The summed E-state index contributed by atoms with van der Waals surface area (Å²) in [5.74, 6) is -1.33. The van der Waals surface area contributed by atoms with Gasteiger partial charge in [-0.05, 0) is 55.3 Å². The molecule has 0 bridgehead atoms. The highest BCUT2D eigenvalue weighted by Crippen LogP contribution is 2.30. The lowest BCUT2D eigenvalue weighted by Crippen LogP contribution is -2.52. The van der Waals surface area contributed by atoms with Crippen molar-refractivity contribution in [3.8, 4) is 5.75 Å². The molecule has 4 amide bonds. The Labute approximate surface area is 201 Å². The highest BCUT2D eigenvalue weighted by atomic mass is 19.1. The predicted molar refractivity (Wildman–Crippen MR) is 122 cm³/mol. The number of likely N-dealkylation sites (tertiary alicyclic amines) is 1. The van der Waals surface area contributed by atoms with Crippen LogP contribution in [0.3, 0.4) is 0 Å². The van der Waals surface area contributed by atoms with Gasteiger partial charge in [-0.2, -0.15) is 0 Å². The van der Waals surface area contributed by atoms with Gasteiger partial charge >= 0.3 is 0 Å². The van der Waals surface area contributed by atoms with Gasteiger partial charge in [-0.25, -0.2) is 4.39 Å². The monoisotopic (exact) mass is 480 g/mol. The number of nitrogens with zero attached hydrogens (tertiary/aromatic N) is 2. The van der Waals surface area contributed by atoms with E-state index in [-0.39, 0.29) is 42.8 Å². The van der Waals surface area contributed by atoms with Crippen LogP contribution in [0.2, 0.25) is 0 Å². The average molecular weight is 480 g/mol. The van der Waals surface area contributed by atoms with Gasteiger partial charge in [0.15, 0.2) is 0 Å². The van der Waals surface area contributed by atoms with Gasteiger partial charge in [0.25, 0.3) is 11.8 Å². The van der Waals surface area contributed by atoms with E-state index in [2.05, 4.69) is 10.6 Å². The Morgan fingerprint density at radius 3 is 2.60 bits per heavy atom. The number of halogens is 1. The number of hydrogen-bond donors (Lipinski definition) is 2. The maximum Gasteiger partial charge on any atom is 0.254 e. The van der Waals surface area contributed by atoms with E-state index >= 15 is 0 Å². The lowest BCUT2D eigenvalue weighted by molar-refractivity contribution is -0.138. The quantitative estimate of drug-likeness (QED) is 0.678. The van der Waals surface area contributed by atoms with Crippen LogP contribution in [0.15, 0.2) is 48.5 Å². The van der Waals surface area contributed by atoms with Crippen LogP contribution in [-0.4, -0.2) is 77.8 Å². The maximum absolute atomic E-state index is 13.7. The van der Waals surface area contributed by atoms with Gasteiger partial charge in [0, 0.05) is 30.3 Å². The molecule has 3 fully saturated rings. The molecule has 0 aromatic heterocycles. The van der Waals surface area contributed by atoms with Crippen molar-refractivity contribution in [2.24, 2.45) is 0 Å². The minimum absolute atomic E-state index is 0.150. The summed E-state index contributed by atoms with van der Waals surface area (Å²) in [6.45, 7) is 0.427. The molecule has 0 unspecified atom stereocenters. The third-order valence-corrected chi connectivity index (χ3v) is 6.89. The fourth-order valence-corrected chi connectivity index (χ4v) is 5.16.